The lowest BCUT2D eigenvalue weighted by atomic mass is 9.73. The molecule has 0 bridgehead atoms. The summed E-state index contributed by atoms with van der Waals surface area (Å²) in [5.74, 6) is -0.373. The number of allylic oxidation sites excluding steroid dienone is 2. The van der Waals surface area contributed by atoms with Crippen LogP contribution < -0.4 is 0 Å². The highest BCUT2D eigenvalue weighted by atomic mass is 16.5. The number of hydrogen-bond acceptors (Lipinski definition) is 4. The Morgan fingerprint density at radius 2 is 1.94 bits per heavy atom. The Labute approximate surface area is 108 Å². The first-order chi connectivity index (χ1) is 8.62. The third-order valence-corrected chi connectivity index (χ3v) is 3.52. The summed E-state index contributed by atoms with van der Waals surface area (Å²) >= 11 is 0. The number of carbonyl (C=O) groups is 2. The third kappa shape index (κ3) is 4.51. The number of esters is 2. The molecule has 0 radical (unpaired) electrons. The molecule has 0 heterocycles. The molecule has 0 aromatic heterocycles. The summed E-state index contributed by atoms with van der Waals surface area (Å²) in [5.41, 5.74) is -0.126. The largest absolute Gasteiger partial charge is 0.469 e. The fourth-order valence-electron chi connectivity index (χ4n) is 2.48. The van der Waals surface area contributed by atoms with Gasteiger partial charge in [0.25, 0.3) is 0 Å². The molecular formula is C14H22O4. The summed E-state index contributed by atoms with van der Waals surface area (Å²) < 4.78 is 9.39. The topological polar surface area (TPSA) is 52.6 Å². The van der Waals surface area contributed by atoms with Crippen LogP contribution in [0.5, 0.6) is 0 Å². The smallest absolute Gasteiger partial charge is 0.306 e. The first kappa shape index (κ1) is 14.7. The molecule has 1 aliphatic carbocycles. The highest BCUT2D eigenvalue weighted by Gasteiger charge is 2.31. The van der Waals surface area contributed by atoms with E-state index in [1.807, 2.05) is 0 Å². The Hall–Kier alpha value is -1.32. The molecule has 0 amide bonds. The molecule has 102 valence electrons. The van der Waals surface area contributed by atoms with Crippen molar-refractivity contribution in [2.75, 3.05) is 14.2 Å². The highest BCUT2D eigenvalue weighted by Crippen LogP contribution is 2.39. The zero-order valence-electron chi connectivity index (χ0n) is 11.2. The van der Waals surface area contributed by atoms with Gasteiger partial charge in [0, 0.05) is 6.42 Å². The minimum Gasteiger partial charge on any atom is -0.469 e. The van der Waals surface area contributed by atoms with E-state index in [2.05, 4.69) is 16.9 Å². The SMILES string of the molecule is COC(=O)CCC[C@@]1(CC(=O)OC)C=CCCC1. The molecule has 0 saturated heterocycles. The molecule has 0 saturated carbocycles. The van der Waals surface area contributed by atoms with Gasteiger partial charge in [-0.2, -0.15) is 0 Å². The fraction of sp³-hybridized carbons (Fsp3) is 0.714. The molecule has 0 aliphatic heterocycles. The van der Waals surface area contributed by atoms with E-state index in [9.17, 15) is 9.59 Å². The Morgan fingerprint density at radius 3 is 2.50 bits per heavy atom. The quantitative estimate of drug-likeness (QED) is 0.540. The number of rotatable bonds is 6. The molecule has 0 unspecified atom stereocenters. The normalized spacial score (nSPS) is 22.6. The molecule has 1 aliphatic rings. The first-order valence-corrected chi connectivity index (χ1v) is 6.43. The molecule has 0 aromatic rings. The average molecular weight is 254 g/mol. The molecule has 0 fully saturated rings. The Morgan fingerprint density at radius 1 is 1.22 bits per heavy atom. The second kappa shape index (κ2) is 7.19. The van der Waals surface area contributed by atoms with Gasteiger partial charge in [0.1, 0.15) is 0 Å². The lowest BCUT2D eigenvalue weighted by Gasteiger charge is -2.32. The highest BCUT2D eigenvalue weighted by molar-refractivity contribution is 5.71. The molecule has 0 aromatic carbocycles. The fourth-order valence-corrected chi connectivity index (χ4v) is 2.48. The standard InChI is InChI=1S/C14H22O4/c1-17-12(15)7-6-10-14(11-13(16)18-2)8-4-3-5-9-14/h4,8H,3,5-7,9-11H2,1-2H3/t14-/m1/s1. The molecule has 4 heteroatoms. The maximum atomic E-state index is 11.5. The van der Waals surface area contributed by atoms with Gasteiger partial charge in [-0.1, -0.05) is 12.2 Å². The zero-order chi connectivity index (χ0) is 13.4. The number of ether oxygens (including phenoxy) is 2. The van der Waals surface area contributed by atoms with Crippen molar-refractivity contribution < 1.29 is 19.1 Å². The van der Waals surface area contributed by atoms with Crippen LogP contribution in [0.25, 0.3) is 0 Å². The van der Waals surface area contributed by atoms with Gasteiger partial charge in [-0.15, -0.1) is 0 Å². The van der Waals surface area contributed by atoms with E-state index in [0.29, 0.717) is 12.8 Å². The number of carbonyl (C=O) groups excluding carboxylic acids is 2. The summed E-state index contributed by atoms with van der Waals surface area (Å²) in [6.45, 7) is 0. The van der Waals surface area contributed by atoms with Gasteiger partial charge in [-0.3, -0.25) is 9.59 Å². The van der Waals surface area contributed by atoms with Crippen molar-refractivity contribution in [3.05, 3.63) is 12.2 Å². The maximum absolute atomic E-state index is 11.5. The molecule has 18 heavy (non-hydrogen) atoms. The third-order valence-electron chi connectivity index (χ3n) is 3.52. The summed E-state index contributed by atoms with van der Waals surface area (Å²) in [5, 5.41) is 0. The summed E-state index contributed by atoms with van der Waals surface area (Å²) in [6.07, 6.45) is 9.79. The Balaban J connectivity index is 2.55. The van der Waals surface area contributed by atoms with Crippen molar-refractivity contribution in [1.29, 1.82) is 0 Å². The van der Waals surface area contributed by atoms with E-state index < -0.39 is 0 Å². The van der Waals surface area contributed by atoms with Gasteiger partial charge in [0.05, 0.1) is 20.6 Å². The second-order valence-corrected chi connectivity index (χ2v) is 4.84. The van der Waals surface area contributed by atoms with Gasteiger partial charge >= 0.3 is 11.9 Å². The van der Waals surface area contributed by atoms with Gasteiger partial charge < -0.3 is 9.47 Å². The lowest BCUT2D eigenvalue weighted by molar-refractivity contribution is -0.143. The van der Waals surface area contributed by atoms with E-state index in [-0.39, 0.29) is 17.4 Å². The maximum Gasteiger partial charge on any atom is 0.306 e. The van der Waals surface area contributed by atoms with Crippen molar-refractivity contribution in [1.82, 2.24) is 0 Å². The van der Waals surface area contributed by atoms with E-state index in [0.717, 1.165) is 32.1 Å². The average Bonchev–Trinajstić information content (AvgIpc) is 2.39. The van der Waals surface area contributed by atoms with Crippen LogP contribution in [0.2, 0.25) is 0 Å². The van der Waals surface area contributed by atoms with Gasteiger partial charge in [-0.25, -0.2) is 0 Å². The molecular weight excluding hydrogens is 232 g/mol. The van der Waals surface area contributed by atoms with Crippen LogP contribution in [-0.2, 0) is 19.1 Å². The van der Waals surface area contributed by atoms with E-state index in [1.165, 1.54) is 14.2 Å². The van der Waals surface area contributed by atoms with Crippen molar-refractivity contribution >= 4 is 11.9 Å². The molecule has 0 N–H and O–H groups in total. The van der Waals surface area contributed by atoms with Crippen molar-refractivity contribution in [2.45, 2.75) is 44.9 Å². The van der Waals surface area contributed by atoms with Gasteiger partial charge in [-0.05, 0) is 37.5 Å². The predicted molar refractivity (Wildman–Crippen MR) is 67.9 cm³/mol. The first-order valence-electron chi connectivity index (χ1n) is 6.43. The van der Waals surface area contributed by atoms with Crippen LogP contribution in [0, 0.1) is 5.41 Å². The van der Waals surface area contributed by atoms with Gasteiger partial charge in [0.2, 0.25) is 0 Å². The van der Waals surface area contributed by atoms with E-state index in [4.69, 9.17) is 4.74 Å². The lowest BCUT2D eigenvalue weighted by Crippen LogP contribution is -2.25. The number of hydrogen-bond donors (Lipinski definition) is 0. The Kier molecular flexibility index (Phi) is 5.89. The summed E-state index contributed by atoms with van der Waals surface area (Å²) in [6, 6.07) is 0. The zero-order valence-corrected chi connectivity index (χ0v) is 11.2. The van der Waals surface area contributed by atoms with Crippen molar-refractivity contribution in [2.24, 2.45) is 5.41 Å². The van der Waals surface area contributed by atoms with Crippen LogP contribution in [0.1, 0.15) is 44.9 Å². The van der Waals surface area contributed by atoms with Crippen LogP contribution in [0.15, 0.2) is 12.2 Å². The summed E-state index contributed by atoms with van der Waals surface area (Å²) in [4.78, 5) is 22.6. The van der Waals surface area contributed by atoms with Crippen LogP contribution in [0.3, 0.4) is 0 Å². The minimum absolute atomic E-state index is 0.126. The van der Waals surface area contributed by atoms with Crippen LogP contribution >= 0.6 is 0 Å². The van der Waals surface area contributed by atoms with Crippen LogP contribution in [-0.4, -0.2) is 26.2 Å². The number of methoxy groups -OCH3 is 2. The van der Waals surface area contributed by atoms with Crippen molar-refractivity contribution in [3.63, 3.8) is 0 Å². The second-order valence-electron chi connectivity index (χ2n) is 4.84. The van der Waals surface area contributed by atoms with Crippen molar-refractivity contribution in [3.8, 4) is 0 Å². The molecule has 1 rings (SSSR count). The molecule has 1 atom stereocenters. The molecule has 4 nitrogen and oxygen atoms in total. The van der Waals surface area contributed by atoms with E-state index >= 15 is 0 Å². The Bertz CT molecular complexity index is 322. The van der Waals surface area contributed by atoms with Gasteiger partial charge in [0.15, 0.2) is 0 Å². The van der Waals surface area contributed by atoms with Crippen LogP contribution in [0.4, 0.5) is 0 Å². The summed E-state index contributed by atoms with van der Waals surface area (Å²) in [7, 11) is 2.81. The predicted octanol–water partition coefficient (Wildman–Crippen LogP) is 2.62. The monoisotopic (exact) mass is 254 g/mol. The van der Waals surface area contributed by atoms with E-state index in [1.54, 1.807) is 0 Å². The minimum atomic E-state index is -0.192. The molecule has 0 spiro atoms.